The van der Waals surface area contributed by atoms with E-state index in [0.29, 0.717) is 56.1 Å². The normalized spacial score (nSPS) is 19.1. The van der Waals surface area contributed by atoms with E-state index in [1.54, 1.807) is 47.4 Å². The molecule has 8 heteroatoms. The molecule has 0 aliphatic carbocycles. The van der Waals surface area contributed by atoms with Crippen LogP contribution in [0.2, 0.25) is 0 Å². The maximum absolute atomic E-state index is 14.0. The molecule has 1 amide bonds. The van der Waals surface area contributed by atoms with Gasteiger partial charge in [0.1, 0.15) is 5.82 Å². The van der Waals surface area contributed by atoms with Crippen LogP contribution in [-0.4, -0.2) is 57.7 Å². The second kappa shape index (κ2) is 7.43. The van der Waals surface area contributed by atoms with Gasteiger partial charge in [-0.3, -0.25) is 9.10 Å². The molecule has 148 valence electrons. The van der Waals surface area contributed by atoms with Gasteiger partial charge in [-0.25, -0.2) is 12.8 Å². The standard InChI is InChI=1S/C20H22FN3O3S/c21-18-7-1-2-8-19(18)22-10-12-23(13-11-22)20(25)16-5-3-6-17(15-16)24-9-4-14-28(24,26)27/h1-3,5-8,15H,4,9-14H2. The van der Waals surface area contributed by atoms with Crippen LogP contribution >= 0.6 is 0 Å². The molecular formula is C20H22FN3O3S. The van der Waals surface area contributed by atoms with Crippen molar-refractivity contribution < 1.29 is 17.6 Å². The number of carbonyl (C=O) groups excluding carboxylic acids is 1. The summed E-state index contributed by atoms with van der Waals surface area (Å²) in [4.78, 5) is 16.6. The molecule has 2 aliphatic rings. The van der Waals surface area contributed by atoms with Gasteiger partial charge in [-0.2, -0.15) is 0 Å². The van der Waals surface area contributed by atoms with Gasteiger partial charge in [0.05, 0.1) is 17.1 Å². The van der Waals surface area contributed by atoms with Crippen molar-refractivity contribution in [3.05, 3.63) is 59.9 Å². The van der Waals surface area contributed by atoms with E-state index in [4.69, 9.17) is 0 Å². The Morgan fingerprint density at radius 1 is 0.929 bits per heavy atom. The summed E-state index contributed by atoms with van der Waals surface area (Å²) in [7, 11) is -3.28. The zero-order chi connectivity index (χ0) is 19.7. The van der Waals surface area contributed by atoms with Gasteiger partial charge in [0.2, 0.25) is 10.0 Å². The van der Waals surface area contributed by atoms with Gasteiger partial charge in [0.15, 0.2) is 0 Å². The highest BCUT2D eigenvalue weighted by Crippen LogP contribution is 2.26. The first-order chi connectivity index (χ1) is 13.5. The first-order valence-electron chi connectivity index (χ1n) is 9.35. The number of sulfonamides is 1. The maximum atomic E-state index is 14.0. The lowest BCUT2D eigenvalue weighted by molar-refractivity contribution is 0.0746. The van der Waals surface area contributed by atoms with Crippen LogP contribution in [0.4, 0.5) is 15.8 Å². The monoisotopic (exact) mass is 403 g/mol. The van der Waals surface area contributed by atoms with Crippen LogP contribution in [0.1, 0.15) is 16.8 Å². The van der Waals surface area contributed by atoms with Crippen molar-refractivity contribution in [2.75, 3.05) is 47.7 Å². The second-order valence-corrected chi connectivity index (χ2v) is 9.04. The van der Waals surface area contributed by atoms with Crippen molar-refractivity contribution in [2.45, 2.75) is 6.42 Å². The molecule has 2 aliphatic heterocycles. The van der Waals surface area contributed by atoms with Crippen LogP contribution in [-0.2, 0) is 10.0 Å². The first kappa shape index (κ1) is 18.7. The maximum Gasteiger partial charge on any atom is 0.254 e. The lowest BCUT2D eigenvalue weighted by Crippen LogP contribution is -2.49. The minimum atomic E-state index is -3.28. The Kier molecular flexibility index (Phi) is 4.97. The summed E-state index contributed by atoms with van der Waals surface area (Å²) in [5.41, 5.74) is 1.56. The molecule has 6 nitrogen and oxygen atoms in total. The van der Waals surface area contributed by atoms with Crippen molar-refractivity contribution in [3.63, 3.8) is 0 Å². The molecule has 0 spiro atoms. The molecule has 0 atom stereocenters. The summed E-state index contributed by atoms with van der Waals surface area (Å²) in [6, 6.07) is 13.4. The van der Waals surface area contributed by atoms with Crippen LogP contribution in [0.15, 0.2) is 48.5 Å². The van der Waals surface area contributed by atoms with Gasteiger partial charge in [0, 0.05) is 38.3 Å². The smallest absolute Gasteiger partial charge is 0.254 e. The summed E-state index contributed by atoms with van der Waals surface area (Å²) in [5.74, 6) is -0.253. The summed E-state index contributed by atoms with van der Waals surface area (Å²) in [6.07, 6.45) is 0.596. The number of para-hydroxylation sites is 1. The fourth-order valence-corrected chi connectivity index (χ4v) is 5.32. The number of amides is 1. The fraction of sp³-hybridized carbons (Fsp3) is 0.350. The second-order valence-electron chi connectivity index (χ2n) is 7.02. The lowest BCUT2D eigenvalue weighted by Gasteiger charge is -2.36. The van der Waals surface area contributed by atoms with Gasteiger partial charge >= 0.3 is 0 Å². The zero-order valence-electron chi connectivity index (χ0n) is 15.4. The summed E-state index contributed by atoms with van der Waals surface area (Å²) in [5, 5.41) is 0. The Morgan fingerprint density at radius 3 is 2.36 bits per heavy atom. The third-order valence-electron chi connectivity index (χ3n) is 5.24. The highest BCUT2D eigenvalue weighted by atomic mass is 32.2. The van der Waals surface area contributed by atoms with E-state index in [1.807, 2.05) is 4.90 Å². The zero-order valence-corrected chi connectivity index (χ0v) is 16.2. The Balaban J connectivity index is 1.46. The first-order valence-corrected chi connectivity index (χ1v) is 11.0. The molecule has 2 aromatic carbocycles. The molecule has 0 aromatic heterocycles. The van der Waals surface area contributed by atoms with Crippen LogP contribution in [0, 0.1) is 5.82 Å². The van der Waals surface area contributed by atoms with E-state index in [2.05, 4.69) is 0 Å². The number of hydrogen-bond acceptors (Lipinski definition) is 4. The SMILES string of the molecule is O=C(c1cccc(N2CCCS2(=O)=O)c1)N1CCN(c2ccccc2F)CC1. The topological polar surface area (TPSA) is 60.9 Å². The average Bonchev–Trinajstić information content (AvgIpc) is 3.07. The van der Waals surface area contributed by atoms with Gasteiger partial charge in [0.25, 0.3) is 5.91 Å². The third-order valence-corrected chi connectivity index (χ3v) is 7.11. The van der Waals surface area contributed by atoms with E-state index < -0.39 is 10.0 Å². The van der Waals surface area contributed by atoms with Crippen LogP contribution < -0.4 is 9.21 Å². The molecule has 0 N–H and O–H groups in total. The minimum absolute atomic E-state index is 0.133. The Morgan fingerprint density at radius 2 is 1.68 bits per heavy atom. The van der Waals surface area contributed by atoms with Crippen molar-refractivity contribution in [1.82, 2.24) is 4.90 Å². The van der Waals surface area contributed by atoms with Gasteiger partial charge in [-0.05, 0) is 36.8 Å². The average molecular weight is 403 g/mol. The predicted octanol–water partition coefficient (Wildman–Crippen LogP) is 2.33. The number of halogens is 1. The van der Waals surface area contributed by atoms with Crippen LogP contribution in [0.3, 0.4) is 0 Å². The van der Waals surface area contributed by atoms with E-state index in [0.717, 1.165) is 0 Å². The molecule has 4 rings (SSSR count). The predicted molar refractivity (Wildman–Crippen MR) is 107 cm³/mol. The molecule has 28 heavy (non-hydrogen) atoms. The van der Waals surface area contributed by atoms with E-state index >= 15 is 0 Å². The molecule has 0 radical (unpaired) electrons. The van der Waals surface area contributed by atoms with E-state index in [-0.39, 0.29) is 17.5 Å². The third kappa shape index (κ3) is 3.56. The van der Waals surface area contributed by atoms with Gasteiger partial charge in [-0.15, -0.1) is 0 Å². The Bertz CT molecular complexity index is 988. The van der Waals surface area contributed by atoms with Crippen molar-refractivity contribution >= 4 is 27.3 Å². The lowest BCUT2D eigenvalue weighted by atomic mass is 10.1. The quantitative estimate of drug-likeness (QED) is 0.789. The van der Waals surface area contributed by atoms with Gasteiger partial charge in [-0.1, -0.05) is 18.2 Å². The van der Waals surface area contributed by atoms with Crippen molar-refractivity contribution in [1.29, 1.82) is 0 Å². The largest absolute Gasteiger partial charge is 0.366 e. The fourth-order valence-electron chi connectivity index (χ4n) is 3.76. The molecular weight excluding hydrogens is 381 g/mol. The number of hydrogen-bond donors (Lipinski definition) is 0. The summed E-state index contributed by atoms with van der Waals surface area (Å²) >= 11 is 0. The van der Waals surface area contributed by atoms with Crippen molar-refractivity contribution in [2.24, 2.45) is 0 Å². The number of carbonyl (C=O) groups is 1. The molecule has 2 saturated heterocycles. The highest BCUT2D eigenvalue weighted by molar-refractivity contribution is 7.93. The molecule has 0 saturated carbocycles. The number of anilines is 2. The Hall–Kier alpha value is -2.61. The minimum Gasteiger partial charge on any atom is -0.366 e. The molecule has 2 aromatic rings. The Labute approximate surface area is 164 Å². The van der Waals surface area contributed by atoms with Crippen LogP contribution in [0.25, 0.3) is 0 Å². The van der Waals surface area contributed by atoms with E-state index in [1.165, 1.54) is 10.4 Å². The number of benzene rings is 2. The molecule has 2 fully saturated rings. The highest BCUT2D eigenvalue weighted by Gasteiger charge is 2.29. The molecule has 0 unspecified atom stereocenters. The number of rotatable bonds is 3. The summed E-state index contributed by atoms with van der Waals surface area (Å²) < 4.78 is 39.6. The van der Waals surface area contributed by atoms with Crippen LogP contribution in [0.5, 0.6) is 0 Å². The summed E-state index contributed by atoms with van der Waals surface area (Å²) in [6.45, 7) is 2.51. The van der Waals surface area contributed by atoms with E-state index in [9.17, 15) is 17.6 Å². The van der Waals surface area contributed by atoms with Crippen molar-refractivity contribution in [3.8, 4) is 0 Å². The molecule has 2 heterocycles. The van der Waals surface area contributed by atoms with Gasteiger partial charge < -0.3 is 9.80 Å². The molecule has 0 bridgehead atoms. The number of piperazine rings is 1. The number of nitrogens with zero attached hydrogens (tertiary/aromatic N) is 3.